The van der Waals surface area contributed by atoms with Crippen LogP contribution in [-0.4, -0.2) is 31.9 Å². The molecule has 1 aromatic heterocycles. The first kappa shape index (κ1) is 23.3. The average molecular weight is 477 g/mol. The number of fused-ring (bicyclic) bond motifs is 1. The van der Waals surface area contributed by atoms with Crippen LogP contribution in [0, 0.1) is 0 Å². The third-order valence-electron chi connectivity index (χ3n) is 5.45. The molecule has 7 nitrogen and oxygen atoms in total. The second kappa shape index (κ2) is 9.93. The van der Waals surface area contributed by atoms with Crippen LogP contribution in [0.2, 0.25) is 0 Å². The predicted octanol–water partition coefficient (Wildman–Crippen LogP) is 3.09. The summed E-state index contributed by atoms with van der Waals surface area (Å²) in [6.07, 6.45) is 5.50. The van der Waals surface area contributed by atoms with E-state index in [1.165, 1.54) is 23.0 Å². The van der Waals surface area contributed by atoms with Gasteiger partial charge in [0.05, 0.1) is 43.2 Å². The summed E-state index contributed by atoms with van der Waals surface area (Å²) in [7, 11) is 4.45. The smallest absolute Gasteiger partial charge is 0.338 e. The molecular weight excluding hydrogens is 452 g/mol. The Labute approximate surface area is 200 Å². The van der Waals surface area contributed by atoms with Crippen molar-refractivity contribution in [2.24, 2.45) is 4.99 Å². The van der Waals surface area contributed by atoms with Gasteiger partial charge in [-0.1, -0.05) is 59.9 Å². The monoisotopic (exact) mass is 476 g/mol. The van der Waals surface area contributed by atoms with Crippen molar-refractivity contribution in [3.63, 3.8) is 0 Å². The fourth-order valence-corrected chi connectivity index (χ4v) is 4.83. The molecular formula is C26H24N2O5S. The van der Waals surface area contributed by atoms with E-state index in [2.05, 4.69) is 4.99 Å². The number of nitrogens with zero attached hydrogens (tertiary/aromatic N) is 2. The summed E-state index contributed by atoms with van der Waals surface area (Å²) in [5.41, 5.74) is 2.35. The Bertz CT molecular complexity index is 1470. The fourth-order valence-electron chi connectivity index (χ4n) is 3.78. The van der Waals surface area contributed by atoms with Crippen molar-refractivity contribution in [3.05, 3.63) is 96.7 Å². The summed E-state index contributed by atoms with van der Waals surface area (Å²) in [4.78, 5) is 31.2. The van der Waals surface area contributed by atoms with Crippen LogP contribution in [0.1, 0.15) is 24.1 Å². The van der Waals surface area contributed by atoms with Crippen LogP contribution in [0.15, 0.2) is 75.7 Å². The molecule has 0 fully saturated rings. The molecule has 3 aromatic rings. The first-order valence-electron chi connectivity index (χ1n) is 10.5. The van der Waals surface area contributed by atoms with Gasteiger partial charge in [-0.05, 0) is 36.3 Å². The highest BCUT2D eigenvalue weighted by Crippen LogP contribution is 2.28. The van der Waals surface area contributed by atoms with Crippen LogP contribution in [0.25, 0.3) is 12.2 Å². The van der Waals surface area contributed by atoms with E-state index < -0.39 is 12.0 Å². The molecule has 4 rings (SSSR count). The third kappa shape index (κ3) is 4.45. The molecule has 34 heavy (non-hydrogen) atoms. The van der Waals surface area contributed by atoms with Crippen LogP contribution in [-0.2, 0) is 9.53 Å². The van der Waals surface area contributed by atoms with Crippen molar-refractivity contribution in [3.8, 4) is 11.5 Å². The number of carbonyl (C=O) groups is 1. The van der Waals surface area contributed by atoms with Gasteiger partial charge in [0.2, 0.25) is 0 Å². The van der Waals surface area contributed by atoms with Crippen LogP contribution in [0.3, 0.4) is 0 Å². The van der Waals surface area contributed by atoms with Gasteiger partial charge in [-0.3, -0.25) is 9.36 Å². The molecule has 8 heteroatoms. The van der Waals surface area contributed by atoms with Crippen molar-refractivity contribution in [2.75, 3.05) is 21.3 Å². The maximum atomic E-state index is 13.5. The van der Waals surface area contributed by atoms with E-state index in [0.29, 0.717) is 32.1 Å². The van der Waals surface area contributed by atoms with Crippen molar-refractivity contribution >= 4 is 29.5 Å². The maximum Gasteiger partial charge on any atom is 0.338 e. The lowest BCUT2D eigenvalue weighted by Gasteiger charge is -2.21. The molecule has 0 saturated carbocycles. The third-order valence-corrected chi connectivity index (χ3v) is 6.43. The fraction of sp³-hybridized carbons (Fsp3) is 0.192. The van der Waals surface area contributed by atoms with E-state index in [9.17, 15) is 9.59 Å². The first-order valence-corrected chi connectivity index (χ1v) is 11.3. The number of rotatable bonds is 6. The van der Waals surface area contributed by atoms with Crippen LogP contribution in [0.4, 0.5) is 0 Å². The highest BCUT2D eigenvalue weighted by atomic mass is 32.1. The summed E-state index contributed by atoms with van der Waals surface area (Å²) < 4.78 is 17.7. The van der Waals surface area contributed by atoms with E-state index in [1.807, 2.05) is 48.6 Å². The zero-order valence-corrected chi connectivity index (χ0v) is 20.1. The number of hydrogen-bond acceptors (Lipinski definition) is 7. The largest absolute Gasteiger partial charge is 0.493 e. The topological polar surface area (TPSA) is 79.1 Å². The molecule has 0 radical (unpaired) electrons. The highest BCUT2D eigenvalue weighted by molar-refractivity contribution is 7.07. The Hall–Kier alpha value is -3.91. The van der Waals surface area contributed by atoms with Crippen LogP contribution >= 0.6 is 11.3 Å². The van der Waals surface area contributed by atoms with E-state index in [4.69, 9.17) is 14.2 Å². The Kier molecular flexibility index (Phi) is 6.79. The zero-order chi connectivity index (χ0) is 24.2. The Morgan fingerprint density at radius 3 is 2.44 bits per heavy atom. The number of aromatic nitrogens is 1. The summed E-state index contributed by atoms with van der Waals surface area (Å²) in [5, 5.41) is 0. The van der Waals surface area contributed by atoms with Gasteiger partial charge in [0.15, 0.2) is 16.3 Å². The van der Waals surface area contributed by atoms with Crippen LogP contribution in [0.5, 0.6) is 11.5 Å². The SMILES string of the molecule is COC(=O)C1=C(C)N=c2s/c(=C/c3ccc(OC)c(OC)c3)c(=O)n2C1/C=C/c1ccccc1. The predicted molar refractivity (Wildman–Crippen MR) is 132 cm³/mol. The molecule has 1 aliphatic rings. The molecule has 0 spiro atoms. The number of ether oxygens (including phenoxy) is 3. The summed E-state index contributed by atoms with van der Waals surface area (Å²) in [5.74, 6) is 0.653. The number of thiazole rings is 1. The molecule has 0 aliphatic carbocycles. The minimum absolute atomic E-state index is 0.241. The van der Waals surface area contributed by atoms with Gasteiger partial charge < -0.3 is 14.2 Å². The summed E-state index contributed by atoms with van der Waals surface area (Å²) in [6.45, 7) is 1.75. The highest BCUT2D eigenvalue weighted by Gasteiger charge is 2.30. The molecule has 1 atom stereocenters. The standard InChI is InChI=1S/C26H24N2O5S/c1-16-23(25(30)33-4)19(12-10-17-8-6-5-7-9-17)28-24(29)22(34-26(28)27-16)15-18-11-13-20(31-2)21(14-18)32-3/h5-15,19H,1-4H3/b12-10+,22-15+. The van der Waals surface area contributed by atoms with E-state index in [0.717, 1.165) is 11.1 Å². The van der Waals surface area contributed by atoms with Gasteiger partial charge in [-0.25, -0.2) is 9.79 Å². The molecule has 1 aliphatic heterocycles. The van der Waals surface area contributed by atoms with Gasteiger partial charge in [0.1, 0.15) is 0 Å². The average Bonchev–Trinajstić information content (AvgIpc) is 3.16. The van der Waals surface area contributed by atoms with Crippen molar-refractivity contribution in [1.29, 1.82) is 0 Å². The lowest BCUT2D eigenvalue weighted by atomic mass is 10.0. The first-order chi connectivity index (χ1) is 16.5. The second-order valence-corrected chi connectivity index (χ2v) is 8.51. The molecule has 0 saturated heterocycles. The van der Waals surface area contributed by atoms with Gasteiger partial charge in [-0.15, -0.1) is 0 Å². The van der Waals surface area contributed by atoms with Gasteiger partial charge in [0.25, 0.3) is 5.56 Å². The van der Waals surface area contributed by atoms with Crippen molar-refractivity contribution < 1.29 is 19.0 Å². The Balaban J connectivity index is 1.86. The molecule has 0 amide bonds. The normalized spacial score (nSPS) is 15.8. The Morgan fingerprint density at radius 2 is 1.76 bits per heavy atom. The minimum Gasteiger partial charge on any atom is -0.493 e. The Morgan fingerprint density at radius 1 is 1.03 bits per heavy atom. The van der Waals surface area contributed by atoms with E-state index >= 15 is 0 Å². The lowest BCUT2D eigenvalue weighted by molar-refractivity contribution is -0.136. The molecule has 1 unspecified atom stereocenters. The molecule has 0 N–H and O–H groups in total. The van der Waals surface area contributed by atoms with E-state index in [-0.39, 0.29) is 5.56 Å². The number of methoxy groups -OCH3 is 3. The zero-order valence-electron chi connectivity index (χ0n) is 19.3. The number of allylic oxidation sites excluding steroid dienone is 2. The quantitative estimate of drug-likeness (QED) is 0.511. The number of esters is 1. The van der Waals surface area contributed by atoms with E-state index in [1.54, 1.807) is 39.4 Å². The van der Waals surface area contributed by atoms with Crippen LogP contribution < -0.4 is 24.4 Å². The molecule has 174 valence electrons. The minimum atomic E-state index is -0.642. The summed E-state index contributed by atoms with van der Waals surface area (Å²) >= 11 is 1.27. The lowest BCUT2D eigenvalue weighted by Crippen LogP contribution is -2.38. The van der Waals surface area contributed by atoms with Crippen molar-refractivity contribution in [1.82, 2.24) is 4.57 Å². The maximum absolute atomic E-state index is 13.5. The molecule has 2 aromatic carbocycles. The number of carbonyl (C=O) groups excluding carboxylic acids is 1. The molecule has 0 bridgehead atoms. The number of benzene rings is 2. The van der Waals surface area contributed by atoms with Gasteiger partial charge in [-0.2, -0.15) is 0 Å². The molecule has 2 heterocycles. The second-order valence-electron chi connectivity index (χ2n) is 7.50. The van der Waals surface area contributed by atoms with Crippen molar-refractivity contribution in [2.45, 2.75) is 13.0 Å². The van der Waals surface area contributed by atoms with Gasteiger partial charge >= 0.3 is 5.97 Å². The number of hydrogen-bond donors (Lipinski definition) is 0. The summed E-state index contributed by atoms with van der Waals surface area (Å²) in [6, 6.07) is 14.5. The van der Waals surface area contributed by atoms with Gasteiger partial charge in [0, 0.05) is 0 Å².